The van der Waals surface area contributed by atoms with Gasteiger partial charge in [0.25, 0.3) is 0 Å². The van der Waals surface area contributed by atoms with Crippen LogP contribution in [0.1, 0.15) is 47.8 Å². The summed E-state index contributed by atoms with van der Waals surface area (Å²) in [5, 5.41) is 0. The first-order valence-corrected chi connectivity index (χ1v) is 10.3. The lowest BCUT2D eigenvalue weighted by atomic mass is 9.86. The number of ketones is 1. The minimum Gasteiger partial charge on any atom is -0.489 e. The van der Waals surface area contributed by atoms with Gasteiger partial charge in [-0.3, -0.25) is 4.79 Å². The highest BCUT2D eigenvalue weighted by Gasteiger charge is 2.29. The van der Waals surface area contributed by atoms with Crippen LogP contribution >= 0.6 is 0 Å². The number of benzene rings is 3. The minimum atomic E-state index is -2.24. The van der Waals surface area contributed by atoms with Crippen molar-refractivity contribution in [3.63, 3.8) is 0 Å². The van der Waals surface area contributed by atoms with Crippen LogP contribution < -0.4 is 9.47 Å². The summed E-state index contributed by atoms with van der Waals surface area (Å²) in [7, 11) is 0. The molecule has 0 unspecified atom stereocenters. The molecular weight excluding hydrogens is 455 g/mol. The molecule has 8 heteroatoms. The van der Waals surface area contributed by atoms with Gasteiger partial charge in [0, 0.05) is 6.07 Å². The fourth-order valence-corrected chi connectivity index (χ4v) is 3.42. The second-order valence-corrected chi connectivity index (χ2v) is 8.81. The third kappa shape index (κ3) is 4.27. The van der Waals surface area contributed by atoms with Crippen molar-refractivity contribution in [1.29, 1.82) is 0 Å². The first-order chi connectivity index (χ1) is 16.0. The molecule has 0 amide bonds. The summed E-state index contributed by atoms with van der Waals surface area (Å²) in [5.74, 6) is -10.4. The van der Waals surface area contributed by atoms with Gasteiger partial charge in [0.15, 0.2) is 29.0 Å². The van der Waals surface area contributed by atoms with Gasteiger partial charge in [-0.15, -0.1) is 0 Å². The summed E-state index contributed by atoms with van der Waals surface area (Å²) in [6, 6.07) is 11.7. The standard InChI is InChI=1S/C26H19F5O3/c1-26(2,3)14-6-4-13(5-7-14)10-19-25(32)16-9-8-15(11-18(16)34-19)33-12-17-20(27)22(29)24(31)23(30)21(17)28/h4-11H,12H2,1-3H3/b19-10-. The van der Waals surface area contributed by atoms with E-state index in [1.807, 2.05) is 24.3 Å². The number of carbonyl (C=O) groups excluding carboxylic acids is 1. The number of fused-ring (bicyclic) bond motifs is 1. The van der Waals surface area contributed by atoms with Gasteiger partial charge in [-0.1, -0.05) is 45.0 Å². The Morgan fingerprint density at radius 3 is 2.03 bits per heavy atom. The van der Waals surface area contributed by atoms with Crippen molar-refractivity contribution in [2.45, 2.75) is 32.8 Å². The molecule has 176 valence electrons. The van der Waals surface area contributed by atoms with E-state index < -0.39 is 41.3 Å². The maximum Gasteiger partial charge on any atom is 0.231 e. The highest BCUT2D eigenvalue weighted by atomic mass is 19.2. The zero-order chi connectivity index (χ0) is 24.8. The Morgan fingerprint density at radius 2 is 1.44 bits per heavy atom. The molecule has 0 aromatic heterocycles. The lowest BCUT2D eigenvalue weighted by Gasteiger charge is -2.18. The van der Waals surface area contributed by atoms with E-state index in [0.717, 1.165) is 11.1 Å². The van der Waals surface area contributed by atoms with Crippen molar-refractivity contribution < 1.29 is 36.2 Å². The van der Waals surface area contributed by atoms with Gasteiger partial charge in [-0.25, -0.2) is 22.0 Å². The molecule has 3 nitrogen and oxygen atoms in total. The van der Waals surface area contributed by atoms with E-state index in [9.17, 15) is 26.7 Å². The largest absolute Gasteiger partial charge is 0.489 e. The number of halogens is 5. The molecule has 0 N–H and O–H groups in total. The molecule has 0 fully saturated rings. The van der Waals surface area contributed by atoms with E-state index in [4.69, 9.17) is 9.47 Å². The van der Waals surface area contributed by atoms with Gasteiger partial charge in [0.2, 0.25) is 11.6 Å². The van der Waals surface area contributed by atoms with E-state index >= 15 is 0 Å². The van der Waals surface area contributed by atoms with Gasteiger partial charge < -0.3 is 9.47 Å². The highest BCUT2D eigenvalue weighted by molar-refractivity contribution is 6.14. The van der Waals surface area contributed by atoms with Crippen LogP contribution in [0.3, 0.4) is 0 Å². The van der Waals surface area contributed by atoms with Crippen molar-refractivity contribution in [2.75, 3.05) is 0 Å². The number of ether oxygens (including phenoxy) is 2. The Labute approximate surface area is 192 Å². The number of hydrogen-bond donors (Lipinski definition) is 0. The number of allylic oxidation sites excluding steroid dienone is 1. The quantitative estimate of drug-likeness (QED) is 0.179. The second kappa shape index (κ2) is 8.59. The lowest BCUT2D eigenvalue weighted by molar-refractivity contribution is 0.101. The predicted octanol–water partition coefficient (Wildman–Crippen LogP) is 6.87. The molecule has 0 spiro atoms. The highest BCUT2D eigenvalue weighted by Crippen LogP contribution is 2.35. The summed E-state index contributed by atoms with van der Waals surface area (Å²) < 4.78 is 78.5. The zero-order valence-corrected chi connectivity index (χ0v) is 18.4. The molecule has 0 bridgehead atoms. The van der Waals surface area contributed by atoms with Crippen LogP contribution in [0.5, 0.6) is 11.5 Å². The van der Waals surface area contributed by atoms with Crippen LogP contribution in [0.2, 0.25) is 0 Å². The average molecular weight is 474 g/mol. The second-order valence-electron chi connectivity index (χ2n) is 8.81. The van der Waals surface area contributed by atoms with E-state index in [-0.39, 0.29) is 34.0 Å². The van der Waals surface area contributed by atoms with Crippen LogP contribution in [0.4, 0.5) is 22.0 Å². The van der Waals surface area contributed by atoms with Crippen molar-refractivity contribution in [3.8, 4) is 11.5 Å². The van der Waals surface area contributed by atoms with E-state index in [2.05, 4.69) is 20.8 Å². The summed E-state index contributed by atoms with van der Waals surface area (Å²) in [4.78, 5) is 12.7. The smallest absolute Gasteiger partial charge is 0.231 e. The van der Waals surface area contributed by atoms with E-state index in [0.29, 0.717) is 0 Å². The maximum atomic E-state index is 13.8. The first-order valence-electron chi connectivity index (χ1n) is 10.3. The van der Waals surface area contributed by atoms with E-state index in [1.165, 1.54) is 18.2 Å². The molecule has 0 atom stereocenters. The minimum absolute atomic E-state index is 0.0186. The molecule has 0 saturated heterocycles. The molecule has 4 rings (SSSR count). The van der Waals surface area contributed by atoms with Crippen molar-refractivity contribution in [1.82, 2.24) is 0 Å². The number of Topliss-reactive ketones (excluding diaryl/α,β-unsaturated/α-hetero) is 1. The average Bonchev–Trinajstić information content (AvgIpc) is 3.10. The normalized spacial score (nSPS) is 14.4. The van der Waals surface area contributed by atoms with Crippen LogP contribution in [0, 0.1) is 29.1 Å². The summed E-state index contributed by atoms with van der Waals surface area (Å²) >= 11 is 0. The monoisotopic (exact) mass is 474 g/mol. The molecule has 3 aromatic carbocycles. The molecule has 1 aliphatic rings. The Balaban J connectivity index is 1.53. The van der Waals surface area contributed by atoms with Crippen LogP contribution in [-0.2, 0) is 12.0 Å². The lowest BCUT2D eigenvalue weighted by Crippen LogP contribution is -2.10. The van der Waals surface area contributed by atoms with Gasteiger partial charge in [-0.2, -0.15) is 0 Å². The van der Waals surface area contributed by atoms with Crippen LogP contribution in [-0.4, -0.2) is 5.78 Å². The maximum absolute atomic E-state index is 13.8. The topological polar surface area (TPSA) is 35.5 Å². The summed E-state index contributed by atoms with van der Waals surface area (Å²) in [6.45, 7) is 5.35. The molecule has 34 heavy (non-hydrogen) atoms. The third-order valence-corrected chi connectivity index (χ3v) is 5.40. The van der Waals surface area contributed by atoms with Crippen molar-refractivity contribution in [3.05, 3.63) is 99.6 Å². The Bertz CT molecular complexity index is 1290. The molecule has 0 aliphatic carbocycles. The number of carbonyl (C=O) groups is 1. The van der Waals surface area contributed by atoms with Gasteiger partial charge in [-0.05, 0) is 34.8 Å². The Hall–Kier alpha value is -3.68. The SMILES string of the molecule is CC(C)(C)c1ccc(/C=C2\Oc3cc(OCc4c(F)c(F)c(F)c(F)c4F)ccc3C2=O)cc1. The summed E-state index contributed by atoms with van der Waals surface area (Å²) in [6.07, 6.45) is 1.59. The number of hydrogen-bond acceptors (Lipinski definition) is 3. The van der Waals surface area contributed by atoms with E-state index in [1.54, 1.807) is 6.08 Å². The van der Waals surface area contributed by atoms with Crippen molar-refractivity contribution >= 4 is 11.9 Å². The van der Waals surface area contributed by atoms with Crippen LogP contribution in [0.25, 0.3) is 6.08 Å². The molecule has 3 aromatic rings. The zero-order valence-electron chi connectivity index (χ0n) is 18.4. The fraction of sp³-hybridized carbons (Fsp3) is 0.192. The first kappa shape index (κ1) is 23.5. The van der Waals surface area contributed by atoms with Gasteiger partial charge in [0.05, 0.1) is 11.1 Å². The molecule has 0 radical (unpaired) electrons. The molecular formula is C26H19F5O3. The summed E-state index contributed by atoms with van der Waals surface area (Å²) in [5.41, 5.74) is 1.02. The van der Waals surface area contributed by atoms with Crippen molar-refractivity contribution in [2.24, 2.45) is 0 Å². The fourth-order valence-electron chi connectivity index (χ4n) is 3.42. The molecule has 1 aliphatic heterocycles. The Kier molecular flexibility index (Phi) is 5.93. The predicted molar refractivity (Wildman–Crippen MR) is 115 cm³/mol. The third-order valence-electron chi connectivity index (χ3n) is 5.40. The molecule has 1 heterocycles. The number of rotatable bonds is 4. The Morgan fingerprint density at radius 1 is 0.853 bits per heavy atom. The van der Waals surface area contributed by atoms with Crippen LogP contribution in [0.15, 0.2) is 48.2 Å². The van der Waals surface area contributed by atoms with Gasteiger partial charge in [0.1, 0.15) is 18.1 Å². The van der Waals surface area contributed by atoms with Gasteiger partial charge >= 0.3 is 0 Å². The molecule has 0 saturated carbocycles.